The fraction of sp³-hybridized carbons (Fsp3) is 0.538. The van der Waals surface area contributed by atoms with Gasteiger partial charge < -0.3 is 5.32 Å². The number of rotatable bonds is 3. The molecule has 82 valence electrons. The van der Waals surface area contributed by atoms with Gasteiger partial charge in [0.1, 0.15) is 0 Å². The van der Waals surface area contributed by atoms with Crippen molar-refractivity contribution in [2.24, 2.45) is 0 Å². The Morgan fingerprint density at radius 2 is 2.33 bits per heavy atom. The fourth-order valence-electron chi connectivity index (χ4n) is 2.19. The van der Waals surface area contributed by atoms with Gasteiger partial charge >= 0.3 is 0 Å². The first-order valence-electron chi connectivity index (χ1n) is 5.74. The van der Waals surface area contributed by atoms with Crippen molar-refractivity contribution in [1.29, 1.82) is 0 Å². The predicted octanol–water partition coefficient (Wildman–Crippen LogP) is 3.78. The molecule has 1 aromatic rings. The van der Waals surface area contributed by atoms with Crippen molar-refractivity contribution in [1.82, 2.24) is 0 Å². The molecule has 1 nitrogen and oxygen atoms in total. The average molecular weight is 224 g/mol. The van der Waals surface area contributed by atoms with Gasteiger partial charge in [-0.05, 0) is 42.4 Å². The largest absolute Gasteiger partial charge is 0.385 e. The topological polar surface area (TPSA) is 12.0 Å². The standard InChI is InChI=1S/C13H18ClN/c1-10-6-8-15-13-5-4-11(3-2-7-14)9-12(10)13/h4-5,9-10,15H,2-3,6-8H2,1H3. The normalized spacial score (nSPS) is 19.5. The van der Waals surface area contributed by atoms with Gasteiger partial charge in [0.15, 0.2) is 0 Å². The molecule has 0 aromatic heterocycles. The van der Waals surface area contributed by atoms with Crippen LogP contribution in [0.3, 0.4) is 0 Å². The zero-order valence-electron chi connectivity index (χ0n) is 9.22. The van der Waals surface area contributed by atoms with Gasteiger partial charge in [-0.2, -0.15) is 0 Å². The molecular weight excluding hydrogens is 206 g/mol. The summed E-state index contributed by atoms with van der Waals surface area (Å²) in [6.07, 6.45) is 3.41. The molecule has 1 heterocycles. The molecule has 0 radical (unpaired) electrons. The Morgan fingerprint density at radius 3 is 3.13 bits per heavy atom. The summed E-state index contributed by atoms with van der Waals surface area (Å²) < 4.78 is 0. The molecule has 1 aliphatic rings. The number of hydrogen-bond acceptors (Lipinski definition) is 1. The van der Waals surface area contributed by atoms with Crippen LogP contribution in [-0.2, 0) is 6.42 Å². The highest BCUT2D eigenvalue weighted by Gasteiger charge is 2.15. The summed E-state index contributed by atoms with van der Waals surface area (Å²) in [7, 11) is 0. The zero-order valence-corrected chi connectivity index (χ0v) is 9.98. The molecule has 0 spiro atoms. The minimum atomic E-state index is 0.692. The van der Waals surface area contributed by atoms with E-state index >= 15 is 0 Å². The molecular formula is C13H18ClN. The van der Waals surface area contributed by atoms with Crippen molar-refractivity contribution in [3.05, 3.63) is 29.3 Å². The monoisotopic (exact) mass is 223 g/mol. The van der Waals surface area contributed by atoms with Crippen molar-refractivity contribution in [2.45, 2.75) is 32.1 Å². The molecule has 0 amide bonds. The summed E-state index contributed by atoms with van der Waals surface area (Å²) in [5.41, 5.74) is 4.22. The highest BCUT2D eigenvalue weighted by atomic mass is 35.5. The quantitative estimate of drug-likeness (QED) is 0.770. The maximum Gasteiger partial charge on any atom is 0.0375 e. The van der Waals surface area contributed by atoms with Crippen molar-refractivity contribution in [3.63, 3.8) is 0 Å². The van der Waals surface area contributed by atoms with Gasteiger partial charge in [0.05, 0.1) is 0 Å². The molecule has 0 fully saturated rings. The fourth-order valence-corrected chi connectivity index (χ4v) is 2.32. The summed E-state index contributed by atoms with van der Waals surface area (Å²) in [6, 6.07) is 6.78. The van der Waals surface area contributed by atoms with Crippen LogP contribution in [-0.4, -0.2) is 12.4 Å². The number of halogens is 1. The Bertz CT molecular complexity index is 335. The van der Waals surface area contributed by atoms with Crippen LogP contribution < -0.4 is 5.32 Å². The first-order chi connectivity index (χ1) is 7.31. The number of nitrogens with one attached hydrogen (secondary N) is 1. The van der Waals surface area contributed by atoms with E-state index in [0.29, 0.717) is 5.92 Å². The summed E-state index contributed by atoms with van der Waals surface area (Å²) in [5.74, 6) is 1.45. The minimum absolute atomic E-state index is 0.692. The number of fused-ring (bicyclic) bond motifs is 1. The van der Waals surface area contributed by atoms with E-state index in [1.54, 1.807) is 0 Å². The molecule has 2 rings (SSSR count). The van der Waals surface area contributed by atoms with Crippen molar-refractivity contribution in [2.75, 3.05) is 17.7 Å². The Balaban J connectivity index is 2.19. The van der Waals surface area contributed by atoms with E-state index in [2.05, 4.69) is 30.4 Å². The van der Waals surface area contributed by atoms with Crippen molar-refractivity contribution in [3.8, 4) is 0 Å². The first-order valence-corrected chi connectivity index (χ1v) is 6.27. The number of alkyl halides is 1. The van der Waals surface area contributed by atoms with Gasteiger partial charge in [-0.25, -0.2) is 0 Å². The third-order valence-corrected chi connectivity index (χ3v) is 3.41. The molecule has 1 unspecified atom stereocenters. The van der Waals surface area contributed by atoms with Crippen LogP contribution in [0.1, 0.15) is 36.8 Å². The van der Waals surface area contributed by atoms with Crippen LogP contribution in [0, 0.1) is 0 Å². The second-order valence-electron chi connectivity index (χ2n) is 4.33. The number of benzene rings is 1. The van der Waals surface area contributed by atoms with Gasteiger partial charge in [-0.15, -0.1) is 11.6 Å². The smallest absolute Gasteiger partial charge is 0.0375 e. The molecule has 0 saturated carbocycles. The predicted molar refractivity (Wildman–Crippen MR) is 67.0 cm³/mol. The lowest BCUT2D eigenvalue weighted by atomic mass is 9.91. The van der Waals surface area contributed by atoms with Crippen LogP contribution >= 0.6 is 11.6 Å². The lowest BCUT2D eigenvalue weighted by Gasteiger charge is -2.24. The van der Waals surface area contributed by atoms with Gasteiger partial charge in [0.2, 0.25) is 0 Å². The lowest BCUT2D eigenvalue weighted by Crippen LogP contribution is -2.15. The third-order valence-electron chi connectivity index (χ3n) is 3.14. The molecule has 0 saturated heterocycles. The van der Waals surface area contributed by atoms with Crippen molar-refractivity contribution >= 4 is 17.3 Å². The van der Waals surface area contributed by atoms with E-state index in [4.69, 9.17) is 11.6 Å². The summed E-state index contributed by atoms with van der Waals surface area (Å²) >= 11 is 5.71. The van der Waals surface area contributed by atoms with Crippen LogP contribution in [0.2, 0.25) is 0 Å². The minimum Gasteiger partial charge on any atom is -0.385 e. The van der Waals surface area contributed by atoms with Crippen LogP contribution in [0.15, 0.2) is 18.2 Å². The van der Waals surface area contributed by atoms with E-state index in [9.17, 15) is 0 Å². The van der Waals surface area contributed by atoms with Crippen LogP contribution in [0.5, 0.6) is 0 Å². The Labute approximate surface area is 96.8 Å². The van der Waals surface area contributed by atoms with E-state index in [0.717, 1.165) is 25.3 Å². The van der Waals surface area contributed by atoms with Gasteiger partial charge in [-0.3, -0.25) is 0 Å². The van der Waals surface area contributed by atoms with Crippen LogP contribution in [0.25, 0.3) is 0 Å². The maximum atomic E-state index is 5.71. The van der Waals surface area contributed by atoms with E-state index in [1.165, 1.54) is 23.2 Å². The lowest BCUT2D eigenvalue weighted by molar-refractivity contribution is 0.682. The highest BCUT2D eigenvalue weighted by Crippen LogP contribution is 2.31. The molecule has 0 bridgehead atoms. The Morgan fingerprint density at radius 1 is 1.47 bits per heavy atom. The third kappa shape index (κ3) is 2.46. The highest BCUT2D eigenvalue weighted by molar-refractivity contribution is 6.17. The molecule has 1 N–H and O–H groups in total. The van der Waals surface area contributed by atoms with Gasteiger partial charge in [0, 0.05) is 18.1 Å². The van der Waals surface area contributed by atoms with Gasteiger partial charge in [-0.1, -0.05) is 19.1 Å². The SMILES string of the molecule is CC1CCNc2ccc(CCCCl)cc21. The second kappa shape index (κ2) is 4.89. The van der Waals surface area contributed by atoms with Crippen LogP contribution in [0.4, 0.5) is 5.69 Å². The molecule has 1 aliphatic heterocycles. The Kier molecular flexibility index (Phi) is 3.53. The summed E-state index contributed by atoms with van der Waals surface area (Å²) in [6.45, 7) is 3.42. The number of aryl methyl sites for hydroxylation is 1. The molecule has 0 aliphatic carbocycles. The number of anilines is 1. The number of hydrogen-bond donors (Lipinski definition) is 1. The maximum absolute atomic E-state index is 5.71. The first kappa shape index (κ1) is 10.8. The second-order valence-corrected chi connectivity index (χ2v) is 4.71. The van der Waals surface area contributed by atoms with E-state index < -0.39 is 0 Å². The average Bonchev–Trinajstić information content (AvgIpc) is 2.27. The van der Waals surface area contributed by atoms with E-state index in [-0.39, 0.29) is 0 Å². The molecule has 2 heteroatoms. The van der Waals surface area contributed by atoms with Gasteiger partial charge in [0.25, 0.3) is 0 Å². The zero-order chi connectivity index (χ0) is 10.7. The summed E-state index contributed by atoms with van der Waals surface area (Å²) in [4.78, 5) is 0. The van der Waals surface area contributed by atoms with Crippen molar-refractivity contribution < 1.29 is 0 Å². The Hall–Kier alpha value is -0.690. The summed E-state index contributed by atoms with van der Waals surface area (Å²) in [5, 5.41) is 3.45. The van der Waals surface area contributed by atoms with E-state index in [1.807, 2.05) is 0 Å². The molecule has 1 atom stereocenters. The molecule has 15 heavy (non-hydrogen) atoms. The molecule has 1 aromatic carbocycles.